The number of hydrogen-bond donors (Lipinski definition) is 1. The van der Waals surface area contributed by atoms with Crippen LogP contribution in [0.4, 0.5) is 0 Å². The Bertz CT molecular complexity index is 1590. The maximum Gasteiger partial charge on any atom is 0.352 e. The van der Waals surface area contributed by atoms with Gasteiger partial charge in [-0.25, -0.2) is 14.5 Å². The molecule has 202 valence electrons. The summed E-state index contributed by atoms with van der Waals surface area (Å²) in [6.07, 6.45) is 4.81. The van der Waals surface area contributed by atoms with Crippen LogP contribution < -0.4 is 11.2 Å². The van der Waals surface area contributed by atoms with Gasteiger partial charge in [-0.1, -0.05) is 37.1 Å². The van der Waals surface area contributed by atoms with Crippen molar-refractivity contribution in [3.05, 3.63) is 62.8 Å². The van der Waals surface area contributed by atoms with Crippen LogP contribution >= 0.6 is 0 Å². The van der Waals surface area contributed by atoms with E-state index in [1.807, 2.05) is 30.3 Å². The van der Waals surface area contributed by atoms with E-state index in [-0.39, 0.29) is 41.9 Å². The van der Waals surface area contributed by atoms with Crippen molar-refractivity contribution in [2.75, 3.05) is 13.1 Å². The lowest BCUT2D eigenvalue weighted by Gasteiger charge is -2.32. The molecule has 0 spiro atoms. The van der Waals surface area contributed by atoms with E-state index in [0.717, 1.165) is 36.8 Å². The van der Waals surface area contributed by atoms with Gasteiger partial charge in [0.25, 0.3) is 5.56 Å². The van der Waals surface area contributed by atoms with Crippen LogP contribution in [0, 0.1) is 0 Å². The molecule has 4 aliphatic rings. The lowest BCUT2D eigenvalue weighted by Crippen LogP contribution is -2.46. The number of fused-ring (bicyclic) bond motifs is 1. The van der Waals surface area contributed by atoms with Crippen molar-refractivity contribution in [2.24, 2.45) is 0 Å². The smallest absolute Gasteiger partial charge is 0.352 e. The Morgan fingerprint density at radius 2 is 1.64 bits per heavy atom. The molecule has 0 bridgehead atoms. The van der Waals surface area contributed by atoms with Gasteiger partial charge in [0.15, 0.2) is 17.3 Å². The Morgan fingerprint density at radius 3 is 2.31 bits per heavy atom. The molecular weight excluding hydrogens is 500 g/mol. The van der Waals surface area contributed by atoms with E-state index in [1.54, 1.807) is 15.6 Å². The summed E-state index contributed by atoms with van der Waals surface area (Å²) in [5, 5.41) is 14.0. The van der Waals surface area contributed by atoms with E-state index in [0.29, 0.717) is 37.5 Å². The number of hydrogen-bond acceptors (Lipinski definition) is 8. The molecule has 11 nitrogen and oxygen atoms in total. The average Bonchev–Trinajstić information content (AvgIpc) is 3.66. The van der Waals surface area contributed by atoms with Gasteiger partial charge < -0.3 is 14.4 Å². The van der Waals surface area contributed by atoms with Crippen LogP contribution in [-0.4, -0.2) is 53.3 Å². The van der Waals surface area contributed by atoms with Crippen LogP contribution in [0.3, 0.4) is 0 Å². The standard InChI is InChI=1S/C28H30N6O5/c1-17(36)32-14-12-20(13-15-32)33-27(37)24-26(30-28(33)38)34(21-4-2-3-5-21)31-25(29-24)23-11-10-22(39-23)19-8-6-18(16-35)7-9-19/h6-11,20-21,35H,2-5,12-16H2,1H3. The molecule has 2 fully saturated rings. The topological polar surface area (TPSA) is 136 Å². The highest BCUT2D eigenvalue weighted by atomic mass is 16.3. The second kappa shape index (κ2) is 10.2. The summed E-state index contributed by atoms with van der Waals surface area (Å²) < 4.78 is 9.00. The van der Waals surface area contributed by atoms with Gasteiger partial charge in [-0.3, -0.25) is 14.2 Å². The minimum Gasteiger partial charge on any atom is -0.453 e. The number of carbonyl (C=O) groups is 1. The molecule has 1 saturated heterocycles. The number of aromatic nitrogens is 5. The molecule has 39 heavy (non-hydrogen) atoms. The zero-order valence-corrected chi connectivity index (χ0v) is 21.7. The molecule has 1 aromatic heterocycles. The highest BCUT2D eigenvalue weighted by Crippen LogP contribution is 2.34. The van der Waals surface area contributed by atoms with E-state index in [2.05, 4.69) is 9.97 Å². The number of piperidine rings is 1. The summed E-state index contributed by atoms with van der Waals surface area (Å²) in [7, 11) is 0. The van der Waals surface area contributed by atoms with E-state index in [9.17, 15) is 19.5 Å². The van der Waals surface area contributed by atoms with Gasteiger partial charge in [0.2, 0.25) is 11.7 Å². The number of amides is 1. The summed E-state index contributed by atoms with van der Waals surface area (Å²) in [5.74, 6) is 1.44. The monoisotopic (exact) mass is 530 g/mol. The fourth-order valence-electron chi connectivity index (χ4n) is 5.69. The van der Waals surface area contributed by atoms with Crippen molar-refractivity contribution >= 4 is 5.91 Å². The molecule has 3 aliphatic heterocycles. The second-order valence-electron chi connectivity index (χ2n) is 10.3. The number of rotatable bonds is 5. The largest absolute Gasteiger partial charge is 0.453 e. The summed E-state index contributed by atoms with van der Waals surface area (Å²) in [4.78, 5) is 49.4. The lowest BCUT2D eigenvalue weighted by molar-refractivity contribution is -0.130. The van der Waals surface area contributed by atoms with Crippen LogP contribution in [0.1, 0.15) is 63.1 Å². The van der Waals surface area contributed by atoms with Crippen LogP contribution in [0.5, 0.6) is 0 Å². The molecule has 1 amide bonds. The third-order valence-corrected chi connectivity index (χ3v) is 7.87. The van der Waals surface area contributed by atoms with Gasteiger partial charge in [-0.15, -0.1) is 5.10 Å². The van der Waals surface area contributed by atoms with Gasteiger partial charge >= 0.3 is 5.69 Å². The van der Waals surface area contributed by atoms with Crippen LogP contribution in [-0.2, 0) is 11.4 Å². The Morgan fingerprint density at radius 1 is 0.949 bits per heavy atom. The average molecular weight is 531 g/mol. The molecule has 4 heterocycles. The van der Waals surface area contributed by atoms with E-state index >= 15 is 0 Å². The molecule has 0 atom stereocenters. The van der Waals surface area contributed by atoms with Gasteiger partial charge in [0.05, 0.1) is 12.6 Å². The van der Waals surface area contributed by atoms with Gasteiger partial charge in [-0.2, -0.15) is 4.98 Å². The van der Waals surface area contributed by atoms with Gasteiger partial charge in [0, 0.05) is 31.6 Å². The van der Waals surface area contributed by atoms with Gasteiger partial charge in [-0.05, 0) is 43.4 Å². The molecule has 0 unspecified atom stereocenters. The van der Waals surface area contributed by atoms with E-state index < -0.39 is 11.2 Å². The minimum atomic E-state index is -0.608. The first-order chi connectivity index (χ1) is 18.9. The molecule has 2 aromatic rings. The number of carbonyl (C=O) groups excluding carboxylic acids is 1. The third kappa shape index (κ3) is 4.67. The molecular formula is C28H30N6O5. The quantitative estimate of drug-likeness (QED) is 0.416. The van der Waals surface area contributed by atoms with Crippen molar-refractivity contribution in [3.8, 4) is 34.4 Å². The first kappa shape index (κ1) is 25.2. The maximum atomic E-state index is 13.8. The predicted octanol–water partition coefficient (Wildman–Crippen LogP) is 3.02. The Labute approximate surface area is 224 Å². The molecule has 1 saturated carbocycles. The number of likely N-dealkylation sites (tertiary alicyclic amines) is 1. The lowest BCUT2D eigenvalue weighted by atomic mass is 10.0. The zero-order valence-electron chi connectivity index (χ0n) is 21.7. The Kier molecular flexibility index (Phi) is 6.59. The van der Waals surface area contributed by atoms with E-state index in [4.69, 9.17) is 9.52 Å². The molecule has 0 radical (unpaired) electrons. The number of benzene rings is 1. The van der Waals surface area contributed by atoms with Gasteiger partial charge in [0.1, 0.15) is 5.76 Å². The molecule has 1 aliphatic carbocycles. The number of nitrogens with zero attached hydrogens (tertiary/aromatic N) is 6. The van der Waals surface area contributed by atoms with Crippen molar-refractivity contribution in [2.45, 2.75) is 64.1 Å². The minimum absolute atomic E-state index is 0.00987. The van der Waals surface area contributed by atoms with Crippen molar-refractivity contribution < 1.29 is 14.3 Å². The highest BCUT2D eigenvalue weighted by Gasteiger charge is 2.31. The predicted molar refractivity (Wildman–Crippen MR) is 142 cm³/mol. The van der Waals surface area contributed by atoms with E-state index in [1.165, 1.54) is 11.5 Å². The second-order valence-corrected chi connectivity index (χ2v) is 10.3. The number of furan rings is 1. The number of aliphatic hydroxyl groups excluding tert-OH is 1. The SMILES string of the molecule is CC(=O)N1CCC(n2c(=O)nc3n(C4CCCC4)nc(-c4ccc(-c5ccc(CO)cc5)o4)nc-3c2=O)CC1. The Balaban J connectivity index is 1.44. The van der Waals surface area contributed by atoms with Crippen LogP contribution in [0.15, 0.2) is 50.4 Å². The molecule has 6 rings (SSSR count). The highest BCUT2D eigenvalue weighted by molar-refractivity contribution is 5.73. The Hall–Kier alpha value is -4.12. The van der Waals surface area contributed by atoms with Crippen LogP contribution in [0.2, 0.25) is 0 Å². The first-order valence-corrected chi connectivity index (χ1v) is 13.4. The molecule has 1 N–H and O–H groups in total. The third-order valence-electron chi connectivity index (χ3n) is 7.87. The summed E-state index contributed by atoms with van der Waals surface area (Å²) in [6, 6.07) is 10.6. The fourth-order valence-corrected chi connectivity index (χ4v) is 5.69. The molecule has 11 heteroatoms. The first-order valence-electron chi connectivity index (χ1n) is 13.4. The number of aliphatic hydroxyl groups is 1. The summed E-state index contributed by atoms with van der Waals surface area (Å²) in [5.41, 5.74) is 0.622. The van der Waals surface area contributed by atoms with Crippen LogP contribution in [0.25, 0.3) is 34.4 Å². The van der Waals surface area contributed by atoms with Crippen molar-refractivity contribution in [1.29, 1.82) is 0 Å². The summed E-state index contributed by atoms with van der Waals surface area (Å²) >= 11 is 0. The maximum absolute atomic E-state index is 13.8. The molecule has 1 aromatic carbocycles. The summed E-state index contributed by atoms with van der Waals surface area (Å²) in [6.45, 7) is 2.45. The van der Waals surface area contributed by atoms with Crippen molar-refractivity contribution in [1.82, 2.24) is 29.2 Å². The fraction of sp³-hybridized carbons (Fsp3) is 0.429. The van der Waals surface area contributed by atoms with Crippen molar-refractivity contribution in [3.63, 3.8) is 0 Å². The zero-order chi connectivity index (χ0) is 27.1. The normalized spacial score (nSPS) is 16.8.